The summed E-state index contributed by atoms with van der Waals surface area (Å²) in [5.74, 6) is -2.46. The van der Waals surface area contributed by atoms with Crippen molar-refractivity contribution < 1.29 is 26.7 Å². The highest BCUT2D eigenvalue weighted by Crippen LogP contribution is 2.29. The Morgan fingerprint density at radius 1 is 1.17 bits per heavy atom. The quantitative estimate of drug-likeness (QED) is 0.612. The van der Waals surface area contributed by atoms with Gasteiger partial charge in [-0.05, 0) is 29.8 Å². The molecule has 0 aliphatic heterocycles. The summed E-state index contributed by atoms with van der Waals surface area (Å²) < 4.78 is 58.3. The van der Waals surface area contributed by atoms with Crippen LogP contribution < -0.4 is 0 Å². The van der Waals surface area contributed by atoms with E-state index in [2.05, 4.69) is 19.0 Å². The van der Waals surface area contributed by atoms with E-state index in [1.165, 1.54) is 30.5 Å². The van der Waals surface area contributed by atoms with Crippen LogP contribution in [0, 0.1) is 11.3 Å². The Morgan fingerprint density at radius 2 is 1.80 bits per heavy atom. The molecule has 0 radical (unpaired) electrons. The molecule has 2 aromatic carbocycles. The number of alkyl halides is 3. The van der Waals surface area contributed by atoms with Gasteiger partial charge in [0, 0.05) is 17.4 Å². The molecule has 0 aliphatic rings. The predicted octanol–water partition coefficient (Wildman–Crippen LogP) is 4.07. The lowest BCUT2D eigenvalue weighted by Crippen LogP contribution is -2.06. The first-order valence-electron chi connectivity index (χ1n) is 8.32. The van der Waals surface area contributed by atoms with E-state index in [4.69, 9.17) is 5.26 Å². The van der Waals surface area contributed by atoms with Crippen LogP contribution in [0.4, 0.5) is 13.2 Å². The van der Waals surface area contributed by atoms with Crippen molar-refractivity contribution >= 4 is 15.6 Å². The summed E-state index contributed by atoms with van der Waals surface area (Å²) in [6.45, 7) is 0. The van der Waals surface area contributed by atoms with Gasteiger partial charge in [-0.15, -0.1) is 0 Å². The maximum atomic E-state index is 12.7. The fourth-order valence-corrected chi connectivity index (χ4v) is 3.79. The SMILES string of the molecule is CS(=O)(Cc1ccc(C#N)cc1)=NC(=O)c1ccc(-c2noc(C(F)(F)F)n2)cc1. The lowest BCUT2D eigenvalue weighted by Gasteiger charge is -2.05. The van der Waals surface area contributed by atoms with Gasteiger partial charge in [-0.3, -0.25) is 4.79 Å². The van der Waals surface area contributed by atoms with E-state index in [9.17, 15) is 22.2 Å². The molecular weight excluding hydrogens is 421 g/mol. The van der Waals surface area contributed by atoms with E-state index >= 15 is 0 Å². The van der Waals surface area contributed by atoms with Crippen LogP contribution in [0.1, 0.15) is 27.4 Å². The standard InChI is InChI=1S/C19H13F3N4O3S/c1-30(28,11-13-4-2-12(10-23)3-5-13)26-17(27)15-8-6-14(7-9-15)16-24-18(29-25-16)19(20,21)22/h2-9H,11H2,1H3. The Kier molecular flexibility index (Phi) is 5.71. The largest absolute Gasteiger partial charge is 0.471 e. The number of hydrogen-bond acceptors (Lipinski definition) is 6. The van der Waals surface area contributed by atoms with Crippen LogP contribution in [0.3, 0.4) is 0 Å². The molecule has 0 spiro atoms. The summed E-state index contributed by atoms with van der Waals surface area (Å²) in [6.07, 6.45) is -3.41. The first-order chi connectivity index (χ1) is 14.1. The summed E-state index contributed by atoms with van der Waals surface area (Å²) >= 11 is 0. The summed E-state index contributed by atoms with van der Waals surface area (Å²) in [4.78, 5) is 15.6. The molecular formula is C19H13F3N4O3S. The minimum absolute atomic E-state index is 0.0195. The monoisotopic (exact) mass is 434 g/mol. The molecule has 3 rings (SSSR count). The Bertz CT molecular complexity index is 1230. The van der Waals surface area contributed by atoms with Gasteiger partial charge >= 0.3 is 12.1 Å². The molecule has 0 saturated heterocycles. The second-order valence-corrected chi connectivity index (χ2v) is 8.70. The number of benzene rings is 2. The minimum Gasteiger partial charge on any atom is -0.329 e. The fraction of sp³-hybridized carbons (Fsp3) is 0.158. The van der Waals surface area contributed by atoms with E-state index in [-0.39, 0.29) is 22.7 Å². The van der Waals surface area contributed by atoms with Crippen LogP contribution in [-0.2, 0) is 21.7 Å². The van der Waals surface area contributed by atoms with Crippen LogP contribution in [0.15, 0.2) is 57.4 Å². The third kappa shape index (κ3) is 5.09. The molecule has 1 atom stereocenters. The molecule has 0 bridgehead atoms. The third-order valence-electron chi connectivity index (χ3n) is 3.85. The number of nitriles is 1. The molecule has 1 unspecified atom stereocenters. The van der Waals surface area contributed by atoms with Crippen LogP contribution in [0.5, 0.6) is 0 Å². The van der Waals surface area contributed by atoms with E-state index in [0.29, 0.717) is 11.1 Å². The molecule has 154 valence electrons. The molecule has 0 saturated carbocycles. The molecule has 1 aromatic heterocycles. The van der Waals surface area contributed by atoms with Crippen molar-refractivity contribution in [1.82, 2.24) is 10.1 Å². The highest BCUT2D eigenvalue weighted by atomic mass is 32.2. The Hall–Kier alpha value is -3.52. The zero-order valence-electron chi connectivity index (χ0n) is 15.4. The second kappa shape index (κ2) is 8.08. The van der Waals surface area contributed by atoms with Gasteiger partial charge in [0.2, 0.25) is 5.82 Å². The highest BCUT2D eigenvalue weighted by molar-refractivity contribution is 7.92. The first-order valence-corrected chi connectivity index (χ1v) is 10.4. The van der Waals surface area contributed by atoms with E-state index in [0.717, 1.165) is 0 Å². The Labute approximate surface area is 169 Å². The van der Waals surface area contributed by atoms with Gasteiger partial charge in [-0.2, -0.15) is 27.8 Å². The molecule has 3 aromatic rings. The third-order valence-corrected chi connectivity index (χ3v) is 5.27. The average molecular weight is 434 g/mol. The fourth-order valence-electron chi connectivity index (χ4n) is 2.46. The van der Waals surface area contributed by atoms with Crippen molar-refractivity contribution in [2.24, 2.45) is 4.36 Å². The molecule has 0 fully saturated rings. The van der Waals surface area contributed by atoms with Crippen molar-refractivity contribution in [2.45, 2.75) is 11.9 Å². The number of nitrogens with zero attached hydrogens (tertiary/aromatic N) is 4. The van der Waals surface area contributed by atoms with Crippen molar-refractivity contribution in [1.29, 1.82) is 5.26 Å². The Morgan fingerprint density at radius 3 is 2.33 bits per heavy atom. The number of aromatic nitrogens is 2. The van der Waals surface area contributed by atoms with Crippen LogP contribution >= 0.6 is 0 Å². The zero-order chi connectivity index (χ0) is 21.9. The van der Waals surface area contributed by atoms with Gasteiger partial charge in [0.1, 0.15) is 0 Å². The van der Waals surface area contributed by atoms with Gasteiger partial charge in [0.05, 0.1) is 27.1 Å². The highest BCUT2D eigenvalue weighted by Gasteiger charge is 2.38. The van der Waals surface area contributed by atoms with Gasteiger partial charge in [-0.1, -0.05) is 29.4 Å². The molecule has 0 aliphatic carbocycles. The van der Waals surface area contributed by atoms with Crippen LogP contribution in [0.2, 0.25) is 0 Å². The van der Waals surface area contributed by atoms with Crippen molar-refractivity contribution in [3.63, 3.8) is 0 Å². The summed E-state index contributed by atoms with van der Waals surface area (Å²) in [6, 6.07) is 13.7. The van der Waals surface area contributed by atoms with E-state index in [1.54, 1.807) is 24.3 Å². The maximum Gasteiger partial charge on any atom is 0.471 e. The summed E-state index contributed by atoms with van der Waals surface area (Å²) in [7, 11) is -2.90. The van der Waals surface area contributed by atoms with Crippen LogP contribution in [0.25, 0.3) is 11.4 Å². The van der Waals surface area contributed by atoms with Gasteiger partial charge in [0.25, 0.3) is 5.91 Å². The van der Waals surface area contributed by atoms with Gasteiger partial charge in [-0.25, -0.2) is 4.21 Å². The predicted molar refractivity (Wildman–Crippen MR) is 100 cm³/mol. The summed E-state index contributed by atoms with van der Waals surface area (Å²) in [5.41, 5.74) is 1.43. The van der Waals surface area contributed by atoms with Crippen molar-refractivity contribution in [3.05, 3.63) is 71.1 Å². The van der Waals surface area contributed by atoms with Gasteiger partial charge in [0.15, 0.2) is 0 Å². The molecule has 30 heavy (non-hydrogen) atoms. The zero-order valence-corrected chi connectivity index (χ0v) is 16.2. The van der Waals surface area contributed by atoms with Crippen LogP contribution in [-0.4, -0.2) is 26.5 Å². The minimum atomic E-state index is -4.75. The molecule has 7 nitrogen and oxygen atoms in total. The number of halogens is 3. The van der Waals surface area contributed by atoms with Crippen molar-refractivity contribution in [3.8, 4) is 17.5 Å². The number of carbonyl (C=O) groups is 1. The number of amides is 1. The maximum absolute atomic E-state index is 12.7. The number of hydrogen-bond donors (Lipinski definition) is 0. The lowest BCUT2D eigenvalue weighted by atomic mass is 10.1. The topological polar surface area (TPSA) is 109 Å². The summed E-state index contributed by atoms with van der Waals surface area (Å²) in [5, 5.41) is 12.1. The Balaban J connectivity index is 1.76. The lowest BCUT2D eigenvalue weighted by molar-refractivity contribution is -0.159. The average Bonchev–Trinajstić information content (AvgIpc) is 3.19. The number of carbonyl (C=O) groups excluding carboxylic acids is 1. The van der Waals surface area contributed by atoms with Gasteiger partial charge < -0.3 is 4.52 Å². The molecule has 1 amide bonds. The molecule has 1 heterocycles. The van der Waals surface area contributed by atoms with Crippen molar-refractivity contribution in [2.75, 3.05) is 6.26 Å². The molecule has 0 N–H and O–H groups in total. The van der Waals surface area contributed by atoms with E-state index in [1.807, 2.05) is 6.07 Å². The normalized spacial score (nSPS) is 13.3. The second-order valence-electron chi connectivity index (χ2n) is 6.31. The first kappa shape index (κ1) is 21.2. The smallest absolute Gasteiger partial charge is 0.329 e. The number of rotatable bonds is 4. The molecule has 11 heteroatoms. The van der Waals surface area contributed by atoms with E-state index < -0.39 is 27.7 Å².